The van der Waals surface area contributed by atoms with Crippen LogP contribution in [0.25, 0.3) is 0 Å². The van der Waals surface area contributed by atoms with Crippen LogP contribution in [0.3, 0.4) is 0 Å². The third kappa shape index (κ3) is 3.61. The van der Waals surface area contributed by atoms with E-state index in [1.54, 1.807) is 19.1 Å². The van der Waals surface area contributed by atoms with Gasteiger partial charge in [0.2, 0.25) is 16.2 Å². The van der Waals surface area contributed by atoms with Crippen LogP contribution in [-0.4, -0.2) is 32.0 Å². The molecule has 0 radical (unpaired) electrons. The van der Waals surface area contributed by atoms with Gasteiger partial charge in [-0.1, -0.05) is 19.9 Å². The van der Waals surface area contributed by atoms with Crippen LogP contribution in [0.4, 0.5) is 0 Å². The summed E-state index contributed by atoms with van der Waals surface area (Å²) < 4.78 is 27.9. The van der Waals surface area contributed by atoms with Crippen LogP contribution < -0.4 is 5.43 Å². The van der Waals surface area contributed by atoms with Crippen LogP contribution in [0.1, 0.15) is 27.2 Å². The molecule has 2 aliphatic rings. The Hall–Kier alpha value is -2.15. The van der Waals surface area contributed by atoms with Gasteiger partial charge in [-0.25, -0.2) is 5.43 Å². The van der Waals surface area contributed by atoms with E-state index in [2.05, 4.69) is 10.5 Å². The van der Waals surface area contributed by atoms with Gasteiger partial charge in [0.25, 0.3) is 0 Å². The number of hydrogen-bond donors (Lipinski definition) is 1. The van der Waals surface area contributed by atoms with Gasteiger partial charge in [-0.2, -0.15) is 13.5 Å². The summed E-state index contributed by atoms with van der Waals surface area (Å²) >= 11 is 0. The van der Waals surface area contributed by atoms with Gasteiger partial charge in [0, 0.05) is 17.9 Å². The van der Waals surface area contributed by atoms with Crippen LogP contribution in [-0.2, 0) is 19.8 Å². The lowest BCUT2D eigenvalue weighted by Crippen LogP contribution is -2.32. The Kier molecular flexibility index (Phi) is 5.20. The Balaban J connectivity index is 2.41. The maximum atomic E-state index is 11.3. The summed E-state index contributed by atoms with van der Waals surface area (Å²) in [5, 5.41) is 4.13. The van der Waals surface area contributed by atoms with E-state index in [-0.39, 0.29) is 17.7 Å². The molecule has 1 heterocycles. The minimum Gasteiger partial charge on any atom is -0.500 e. The lowest BCUT2D eigenvalue weighted by atomic mass is 9.90. The van der Waals surface area contributed by atoms with Crippen molar-refractivity contribution in [1.29, 1.82) is 0 Å². The second-order valence-electron chi connectivity index (χ2n) is 5.68. The SMILES string of the molecule is COC1=C(C=C(C)C2=NNC(=O)CC2C)C=CC(=S(=O)=O)C1C. The number of rotatable bonds is 3. The molecule has 0 fully saturated rings. The van der Waals surface area contributed by atoms with Crippen LogP contribution in [0, 0.1) is 11.8 Å². The van der Waals surface area contributed by atoms with Crippen molar-refractivity contribution in [2.45, 2.75) is 27.2 Å². The first-order valence-electron chi connectivity index (χ1n) is 7.32. The van der Waals surface area contributed by atoms with Crippen molar-refractivity contribution in [1.82, 2.24) is 5.43 Å². The van der Waals surface area contributed by atoms with Crippen molar-refractivity contribution in [3.8, 4) is 0 Å². The minimum absolute atomic E-state index is 0.0351. The average Bonchev–Trinajstić information content (AvgIpc) is 2.47. The topological polar surface area (TPSA) is 84.8 Å². The fourth-order valence-corrected chi connectivity index (χ4v) is 3.40. The molecule has 2 rings (SSSR count). The Labute approximate surface area is 137 Å². The number of carbonyl (C=O) groups excluding carboxylic acids is 1. The van der Waals surface area contributed by atoms with Crippen molar-refractivity contribution in [2.24, 2.45) is 16.9 Å². The van der Waals surface area contributed by atoms with E-state index < -0.39 is 10.3 Å². The molecule has 2 atom stereocenters. The maximum absolute atomic E-state index is 11.3. The van der Waals surface area contributed by atoms with Crippen LogP contribution in [0.2, 0.25) is 0 Å². The third-order valence-electron chi connectivity index (χ3n) is 3.98. The zero-order valence-corrected chi connectivity index (χ0v) is 14.4. The van der Waals surface area contributed by atoms with Gasteiger partial charge in [0.05, 0.1) is 23.6 Å². The zero-order valence-electron chi connectivity index (χ0n) is 13.6. The third-order valence-corrected chi connectivity index (χ3v) is 4.85. The fraction of sp³-hybridized carbons (Fsp3) is 0.438. The molecular formula is C16H20N2O4S. The monoisotopic (exact) mass is 336 g/mol. The van der Waals surface area contributed by atoms with E-state index >= 15 is 0 Å². The summed E-state index contributed by atoms with van der Waals surface area (Å²) in [5.74, 6) is 0.203. The van der Waals surface area contributed by atoms with Gasteiger partial charge < -0.3 is 4.74 Å². The standard InChI is InChI=1S/C16H20N2O4S/c1-9(15-10(2)8-14(19)17-18-15)7-12-5-6-13(23(20)21)11(3)16(12)22-4/h5-7,10-11H,8H2,1-4H3,(H,17,19). The Morgan fingerprint density at radius 3 is 2.65 bits per heavy atom. The Morgan fingerprint density at radius 1 is 1.39 bits per heavy atom. The van der Waals surface area contributed by atoms with Crippen LogP contribution in [0.15, 0.2) is 40.2 Å². The first-order valence-corrected chi connectivity index (χ1v) is 8.40. The molecular weight excluding hydrogens is 316 g/mol. The molecule has 1 N–H and O–H groups in total. The van der Waals surface area contributed by atoms with Gasteiger partial charge in [-0.15, -0.1) is 0 Å². The molecule has 0 aromatic rings. The zero-order chi connectivity index (χ0) is 17.1. The van der Waals surface area contributed by atoms with E-state index in [4.69, 9.17) is 4.74 Å². The average molecular weight is 336 g/mol. The van der Waals surface area contributed by atoms with Crippen LogP contribution >= 0.6 is 0 Å². The highest BCUT2D eigenvalue weighted by molar-refractivity contribution is 7.73. The number of ether oxygens (including phenoxy) is 1. The molecule has 1 amide bonds. The van der Waals surface area contributed by atoms with Crippen molar-refractivity contribution in [3.63, 3.8) is 0 Å². The van der Waals surface area contributed by atoms with E-state index in [0.717, 1.165) is 16.9 Å². The van der Waals surface area contributed by atoms with Gasteiger partial charge >= 0.3 is 0 Å². The number of carbonyl (C=O) groups is 1. The molecule has 23 heavy (non-hydrogen) atoms. The molecule has 0 bridgehead atoms. The van der Waals surface area contributed by atoms with Gasteiger partial charge in [0.15, 0.2) is 0 Å². The van der Waals surface area contributed by atoms with Gasteiger partial charge in [0.1, 0.15) is 5.76 Å². The summed E-state index contributed by atoms with van der Waals surface area (Å²) in [5.41, 5.74) is 5.02. The number of nitrogens with one attached hydrogen (secondary N) is 1. The number of amides is 1. The Morgan fingerprint density at radius 2 is 2.09 bits per heavy atom. The molecule has 0 saturated heterocycles. The normalized spacial score (nSPS) is 25.2. The first-order chi connectivity index (χ1) is 10.8. The number of nitrogens with zero attached hydrogens (tertiary/aromatic N) is 1. The molecule has 0 saturated carbocycles. The summed E-state index contributed by atoms with van der Waals surface area (Å²) in [6, 6.07) is 0. The molecule has 2 unspecified atom stereocenters. The minimum atomic E-state index is -2.27. The number of hydrogen-bond acceptors (Lipinski definition) is 5. The van der Waals surface area contributed by atoms with Crippen molar-refractivity contribution < 1.29 is 17.9 Å². The molecule has 124 valence electrons. The van der Waals surface area contributed by atoms with Crippen LogP contribution in [0.5, 0.6) is 0 Å². The predicted molar refractivity (Wildman–Crippen MR) is 89.4 cm³/mol. The molecule has 6 nitrogen and oxygen atoms in total. The number of allylic oxidation sites excluding steroid dienone is 6. The Bertz CT molecular complexity index is 777. The summed E-state index contributed by atoms with van der Waals surface area (Å²) in [4.78, 5) is 11.6. The molecule has 7 heteroatoms. The second-order valence-corrected chi connectivity index (χ2v) is 6.62. The van der Waals surface area contributed by atoms with Crippen molar-refractivity contribution in [3.05, 3.63) is 35.1 Å². The van der Waals surface area contributed by atoms with Crippen molar-refractivity contribution >= 4 is 26.8 Å². The predicted octanol–water partition coefficient (Wildman–Crippen LogP) is 1.60. The quantitative estimate of drug-likeness (QED) is 0.793. The van der Waals surface area contributed by atoms with E-state index in [0.29, 0.717) is 17.0 Å². The number of methoxy groups -OCH3 is 1. The summed E-state index contributed by atoms with van der Waals surface area (Å²) in [7, 11) is -0.744. The first kappa shape index (κ1) is 17.2. The highest BCUT2D eigenvalue weighted by Crippen LogP contribution is 2.26. The molecule has 0 aromatic heterocycles. The highest BCUT2D eigenvalue weighted by Gasteiger charge is 2.24. The summed E-state index contributed by atoms with van der Waals surface area (Å²) in [6.07, 6.45) is 5.62. The number of hydrazone groups is 1. The summed E-state index contributed by atoms with van der Waals surface area (Å²) in [6.45, 7) is 5.65. The lowest BCUT2D eigenvalue weighted by Gasteiger charge is -2.22. The van der Waals surface area contributed by atoms with E-state index in [9.17, 15) is 13.2 Å². The maximum Gasteiger partial charge on any atom is 0.240 e. The van der Waals surface area contributed by atoms with E-state index in [1.165, 1.54) is 7.11 Å². The lowest BCUT2D eigenvalue weighted by molar-refractivity contribution is -0.121. The van der Waals surface area contributed by atoms with Gasteiger partial charge in [-0.05, 0) is 24.6 Å². The molecule has 0 aromatic carbocycles. The smallest absolute Gasteiger partial charge is 0.240 e. The fourth-order valence-electron chi connectivity index (χ4n) is 2.83. The van der Waals surface area contributed by atoms with Crippen molar-refractivity contribution in [2.75, 3.05) is 7.11 Å². The molecule has 1 aliphatic carbocycles. The highest BCUT2D eigenvalue weighted by atomic mass is 32.2. The van der Waals surface area contributed by atoms with E-state index in [1.807, 2.05) is 19.9 Å². The van der Waals surface area contributed by atoms with Gasteiger partial charge in [-0.3, -0.25) is 4.79 Å². The molecule has 0 spiro atoms. The second kappa shape index (κ2) is 6.95. The molecule has 1 aliphatic heterocycles. The largest absolute Gasteiger partial charge is 0.500 e.